The van der Waals surface area contributed by atoms with E-state index >= 15 is 0 Å². The number of hydrogen-bond donors (Lipinski definition) is 1. The maximum Gasteiger partial charge on any atom is 0.217 e. The van der Waals surface area contributed by atoms with Gasteiger partial charge in [0.1, 0.15) is 6.29 Å². The van der Waals surface area contributed by atoms with E-state index in [1.54, 1.807) is 13.8 Å². The first-order chi connectivity index (χ1) is 4.48. The Bertz CT molecular complexity index is 141. The molecule has 0 fully saturated rings. The van der Waals surface area contributed by atoms with Gasteiger partial charge in [-0.05, 0) is 6.42 Å². The summed E-state index contributed by atoms with van der Waals surface area (Å²) in [4.78, 5) is 20.6. The minimum absolute atomic E-state index is 0.283. The first-order valence-electron chi connectivity index (χ1n) is 3.22. The Balaban J connectivity index is 3.67. The molecule has 2 N–H and O–H groups in total. The van der Waals surface area contributed by atoms with Gasteiger partial charge in [0.25, 0.3) is 0 Å². The van der Waals surface area contributed by atoms with E-state index in [9.17, 15) is 9.59 Å². The fourth-order valence-electron chi connectivity index (χ4n) is 0.504. The molecule has 0 atom stereocenters. The standard InChI is InChI=1S/C7H13NO2/c1-7(2,5-9)4-3-6(8)10/h5H,3-4H2,1-2H3,(H2,8,10). The summed E-state index contributed by atoms with van der Waals surface area (Å²) in [5.41, 5.74) is 4.49. The van der Waals surface area contributed by atoms with Crippen molar-refractivity contribution in [3.05, 3.63) is 0 Å². The number of aldehydes is 1. The van der Waals surface area contributed by atoms with Gasteiger partial charge in [0, 0.05) is 11.8 Å². The lowest BCUT2D eigenvalue weighted by Gasteiger charge is -2.14. The van der Waals surface area contributed by atoms with Gasteiger partial charge >= 0.3 is 0 Å². The van der Waals surface area contributed by atoms with Crippen molar-refractivity contribution >= 4 is 12.2 Å². The quantitative estimate of drug-likeness (QED) is 0.582. The summed E-state index contributed by atoms with van der Waals surface area (Å²) in [6, 6.07) is 0. The summed E-state index contributed by atoms with van der Waals surface area (Å²) in [6.45, 7) is 3.56. The second-order valence-corrected chi connectivity index (χ2v) is 3.07. The van der Waals surface area contributed by atoms with Crippen molar-refractivity contribution in [2.75, 3.05) is 0 Å². The lowest BCUT2D eigenvalue weighted by Crippen LogP contribution is -2.18. The van der Waals surface area contributed by atoms with Gasteiger partial charge in [-0.25, -0.2) is 0 Å². The molecule has 58 valence electrons. The average Bonchev–Trinajstić information content (AvgIpc) is 1.85. The van der Waals surface area contributed by atoms with Crippen LogP contribution in [0, 0.1) is 5.41 Å². The highest BCUT2D eigenvalue weighted by molar-refractivity contribution is 5.74. The van der Waals surface area contributed by atoms with Crippen molar-refractivity contribution in [3.8, 4) is 0 Å². The number of amides is 1. The molecule has 10 heavy (non-hydrogen) atoms. The van der Waals surface area contributed by atoms with Crippen LogP contribution < -0.4 is 5.73 Å². The highest BCUT2D eigenvalue weighted by Gasteiger charge is 2.16. The second-order valence-electron chi connectivity index (χ2n) is 3.07. The lowest BCUT2D eigenvalue weighted by molar-refractivity contribution is -0.119. The average molecular weight is 143 g/mol. The molecule has 0 bridgehead atoms. The predicted octanol–water partition coefficient (Wildman–Crippen LogP) is 0.477. The molecule has 1 amide bonds. The highest BCUT2D eigenvalue weighted by Crippen LogP contribution is 2.17. The van der Waals surface area contributed by atoms with Gasteiger partial charge in [-0.1, -0.05) is 13.8 Å². The van der Waals surface area contributed by atoms with E-state index in [2.05, 4.69) is 0 Å². The van der Waals surface area contributed by atoms with Crippen LogP contribution in [-0.4, -0.2) is 12.2 Å². The fourth-order valence-corrected chi connectivity index (χ4v) is 0.504. The SMILES string of the molecule is CC(C)(C=O)CCC(N)=O. The maximum absolute atomic E-state index is 10.3. The van der Waals surface area contributed by atoms with Crippen molar-refractivity contribution in [1.82, 2.24) is 0 Å². The predicted molar refractivity (Wildman–Crippen MR) is 38.3 cm³/mol. The maximum atomic E-state index is 10.3. The number of carbonyl (C=O) groups is 2. The van der Waals surface area contributed by atoms with Crippen LogP contribution in [0.2, 0.25) is 0 Å². The van der Waals surface area contributed by atoms with Gasteiger partial charge in [0.15, 0.2) is 0 Å². The van der Waals surface area contributed by atoms with Gasteiger partial charge in [-0.2, -0.15) is 0 Å². The van der Waals surface area contributed by atoms with E-state index in [-0.39, 0.29) is 12.3 Å². The second kappa shape index (κ2) is 3.34. The third-order valence-corrected chi connectivity index (χ3v) is 1.33. The van der Waals surface area contributed by atoms with Gasteiger partial charge in [-0.3, -0.25) is 4.79 Å². The van der Waals surface area contributed by atoms with Gasteiger partial charge in [0.2, 0.25) is 5.91 Å². The normalized spacial score (nSPS) is 11.0. The Morgan fingerprint density at radius 2 is 2.10 bits per heavy atom. The molecule has 3 nitrogen and oxygen atoms in total. The van der Waals surface area contributed by atoms with Crippen LogP contribution in [0.15, 0.2) is 0 Å². The van der Waals surface area contributed by atoms with E-state index in [1.165, 1.54) is 0 Å². The molecule has 0 aliphatic rings. The largest absolute Gasteiger partial charge is 0.370 e. The van der Waals surface area contributed by atoms with Gasteiger partial charge < -0.3 is 10.5 Å². The van der Waals surface area contributed by atoms with Crippen molar-refractivity contribution in [2.45, 2.75) is 26.7 Å². The molecule has 0 aromatic carbocycles. The Labute approximate surface area is 60.6 Å². The highest BCUT2D eigenvalue weighted by atomic mass is 16.1. The van der Waals surface area contributed by atoms with Crippen LogP contribution in [0.1, 0.15) is 26.7 Å². The molecular weight excluding hydrogens is 130 g/mol. The number of primary amides is 1. The summed E-state index contributed by atoms with van der Waals surface area (Å²) in [7, 11) is 0. The molecule has 0 unspecified atom stereocenters. The van der Waals surface area contributed by atoms with E-state index in [0.717, 1.165) is 6.29 Å². The Morgan fingerprint density at radius 1 is 1.60 bits per heavy atom. The van der Waals surface area contributed by atoms with Crippen LogP contribution in [0.25, 0.3) is 0 Å². The first-order valence-corrected chi connectivity index (χ1v) is 3.22. The summed E-state index contributed by atoms with van der Waals surface area (Å²) in [5.74, 6) is -0.352. The van der Waals surface area contributed by atoms with Gasteiger partial charge in [0.05, 0.1) is 0 Å². The Kier molecular flexibility index (Phi) is 3.06. The zero-order chi connectivity index (χ0) is 8.20. The number of carbonyl (C=O) groups excluding carboxylic acids is 2. The van der Waals surface area contributed by atoms with Crippen molar-refractivity contribution in [1.29, 1.82) is 0 Å². The summed E-state index contributed by atoms with van der Waals surface area (Å²) in [6.07, 6.45) is 1.66. The molecule has 0 aromatic rings. The zero-order valence-electron chi connectivity index (χ0n) is 6.39. The molecule has 0 aliphatic heterocycles. The van der Waals surface area contributed by atoms with E-state index in [4.69, 9.17) is 5.73 Å². The molecule has 3 heteroatoms. The minimum Gasteiger partial charge on any atom is -0.370 e. The summed E-state index contributed by atoms with van der Waals surface area (Å²) in [5, 5.41) is 0. The number of hydrogen-bond acceptors (Lipinski definition) is 2. The molecule has 0 heterocycles. The lowest BCUT2D eigenvalue weighted by atomic mass is 9.90. The van der Waals surface area contributed by atoms with Crippen LogP contribution in [0.4, 0.5) is 0 Å². The van der Waals surface area contributed by atoms with Crippen molar-refractivity contribution < 1.29 is 9.59 Å². The molecule has 0 aromatic heterocycles. The summed E-state index contributed by atoms with van der Waals surface area (Å²) >= 11 is 0. The third kappa shape index (κ3) is 4.06. The summed E-state index contributed by atoms with van der Waals surface area (Å²) < 4.78 is 0. The molecule has 0 radical (unpaired) electrons. The monoisotopic (exact) mass is 143 g/mol. The minimum atomic E-state index is -0.408. The van der Waals surface area contributed by atoms with E-state index in [0.29, 0.717) is 6.42 Å². The van der Waals surface area contributed by atoms with Crippen LogP contribution in [0.3, 0.4) is 0 Å². The molecule has 0 saturated heterocycles. The smallest absolute Gasteiger partial charge is 0.217 e. The molecule has 0 aliphatic carbocycles. The van der Waals surface area contributed by atoms with Crippen LogP contribution in [-0.2, 0) is 9.59 Å². The molecule has 0 rings (SSSR count). The number of nitrogens with two attached hydrogens (primary N) is 1. The van der Waals surface area contributed by atoms with Crippen molar-refractivity contribution in [2.24, 2.45) is 11.1 Å². The van der Waals surface area contributed by atoms with Gasteiger partial charge in [-0.15, -0.1) is 0 Å². The van der Waals surface area contributed by atoms with E-state index < -0.39 is 5.41 Å². The first kappa shape index (κ1) is 9.14. The topological polar surface area (TPSA) is 60.2 Å². The zero-order valence-corrected chi connectivity index (χ0v) is 6.39. The van der Waals surface area contributed by atoms with Crippen LogP contribution >= 0.6 is 0 Å². The van der Waals surface area contributed by atoms with Crippen LogP contribution in [0.5, 0.6) is 0 Å². The molecule has 0 spiro atoms. The Hall–Kier alpha value is -0.860. The molecular formula is C7H13NO2. The van der Waals surface area contributed by atoms with Crippen molar-refractivity contribution in [3.63, 3.8) is 0 Å². The molecule has 0 saturated carbocycles. The third-order valence-electron chi connectivity index (χ3n) is 1.33. The fraction of sp³-hybridized carbons (Fsp3) is 0.714. The number of rotatable bonds is 4. The Morgan fingerprint density at radius 3 is 2.40 bits per heavy atom. The van der Waals surface area contributed by atoms with E-state index in [1.807, 2.05) is 0 Å².